The van der Waals surface area contributed by atoms with E-state index in [1.807, 2.05) is 30.3 Å². The second-order valence-corrected chi connectivity index (χ2v) is 14.0. The van der Waals surface area contributed by atoms with E-state index in [0.717, 1.165) is 87.8 Å². The van der Waals surface area contributed by atoms with E-state index in [0.29, 0.717) is 17.6 Å². The average molecular weight is 704 g/mol. The van der Waals surface area contributed by atoms with Gasteiger partial charge in [-0.2, -0.15) is 9.97 Å². The van der Waals surface area contributed by atoms with Crippen LogP contribution in [0.15, 0.2) is 180 Å². The molecule has 12 aromatic rings. The standard InChI is InChI=1S/C49H29N5O/c1-3-15-30(16-4-1)47-50-48(39-29-31-17-7-8-20-33(31)46-43(39)38-23-11-14-26-42(38)55-46)52-49(51-47)54-41-25-13-10-22-35(41)37-28-27-36-34-21-9-12-24-40(34)53(44(36)45(37)54)32-18-5-2-6-19-32/h1-29H. The number of hydrogen-bond donors (Lipinski definition) is 0. The summed E-state index contributed by atoms with van der Waals surface area (Å²) in [5.41, 5.74) is 8.82. The molecule has 0 bridgehead atoms. The first-order chi connectivity index (χ1) is 27.3. The Hall–Kier alpha value is -7.57. The molecule has 0 radical (unpaired) electrons. The molecular weight excluding hydrogens is 675 g/mol. The van der Waals surface area contributed by atoms with Crippen LogP contribution in [0, 0.1) is 0 Å². The minimum atomic E-state index is 0.543. The Kier molecular flexibility index (Phi) is 6.24. The molecule has 0 saturated carbocycles. The maximum atomic E-state index is 6.61. The minimum Gasteiger partial charge on any atom is -0.455 e. The van der Waals surface area contributed by atoms with Crippen molar-refractivity contribution in [1.29, 1.82) is 0 Å². The molecule has 0 aliphatic heterocycles. The third-order valence-electron chi connectivity index (χ3n) is 10.9. The fraction of sp³-hybridized carbons (Fsp3) is 0. The van der Waals surface area contributed by atoms with Gasteiger partial charge >= 0.3 is 0 Å². The van der Waals surface area contributed by atoms with Crippen LogP contribution in [0.25, 0.3) is 111 Å². The predicted molar refractivity (Wildman–Crippen MR) is 224 cm³/mol. The van der Waals surface area contributed by atoms with Crippen molar-refractivity contribution in [3.05, 3.63) is 176 Å². The fourth-order valence-electron chi connectivity index (χ4n) is 8.59. The Morgan fingerprint density at radius 2 is 0.982 bits per heavy atom. The van der Waals surface area contributed by atoms with Crippen molar-refractivity contribution < 1.29 is 4.42 Å². The molecule has 0 unspecified atom stereocenters. The Morgan fingerprint density at radius 1 is 0.418 bits per heavy atom. The first kappa shape index (κ1) is 29.9. The van der Waals surface area contributed by atoms with Crippen molar-refractivity contribution in [3.63, 3.8) is 0 Å². The third-order valence-corrected chi connectivity index (χ3v) is 10.9. The molecule has 0 aliphatic rings. The molecule has 0 atom stereocenters. The van der Waals surface area contributed by atoms with Crippen LogP contribution < -0.4 is 0 Å². The minimum absolute atomic E-state index is 0.543. The molecule has 0 aliphatic carbocycles. The highest BCUT2D eigenvalue weighted by Gasteiger charge is 2.25. The van der Waals surface area contributed by atoms with Gasteiger partial charge in [-0.05, 0) is 41.8 Å². The number of fused-ring (bicyclic) bond motifs is 12. The molecule has 256 valence electrons. The monoisotopic (exact) mass is 703 g/mol. The van der Waals surface area contributed by atoms with Crippen molar-refractivity contribution >= 4 is 76.3 Å². The van der Waals surface area contributed by atoms with Crippen molar-refractivity contribution in [2.24, 2.45) is 0 Å². The van der Waals surface area contributed by atoms with Crippen molar-refractivity contribution in [2.45, 2.75) is 0 Å². The van der Waals surface area contributed by atoms with Gasteiger partial charge in [0, 0.05) is 54.5 Å². The number of hydrogen-bond acceptors (Lipinski definition) is 4. The second kappa shape index (κ2) is 11.5. The Morgan fingerprint density at radius 3 is 1.73 bits per heavy atom. The van der Waals surface area contributed by atoms with Crippen LogP contribution in [0.1, 0.15) is 0 Å². The zero-order valence-electron chi connectivity index (χ0n) is 29.4. The molecule has 0 N–H and O–H groups in total. The van der Waals surface area contributed by atoms with E-state index in [9.17, 15) is 0 Å². The number of furan rings is 1. The lowest BCUT2D eigenvalue weighted by Gasteiger charge is -2.14. The summed E-state index contributed by atoms with van der Waals surface area (Å²) in [4.78, 5) is 16.1. The SMILES string of the molecule is c1ccc(-c2nc(-c3cc4ccccc4c4oc5ccccc5c34)nc(-n3c4ccccc4c4ccc5c6ccccc6n(-c6ccccc6)c5c43)n2)cc1. The normalized spacial score (nSPS) is 12.0. The highest BCUT2D eigenvalue weighted by molar-refractivity contribution is 6.24. The summed E-state index contributed by atoms with van der Waals surface area (Å²) < 4.78 is 11.2. The van der Waals surface area contributed by atoms with E-state index >= 15 is 0 Å². The van der Waals surface area contributed by atoms with E-state index in [1.54, 1.807) is 0 Å². The summed E-state index contributed by atoms with van der Waals surface area (Å²) in [6.45, 7) is 0. The molecule has 4 aromatic heterocycles. The second-order valence-electron chi connectivity index (χ2n) is 14.0. The average Bonchev–Trinajstić information content (AvgIpc) is 3.92. The number of benzene rings is 8. The van der Waals surface area contributed by atoms with Gasteiger partial charge in [-0.1, -0.05) is 140 Å². The van der Waals surface area contributed by atoms with Crippen LogP contribution in [0.4, 0.5) is 0 Å². The molecule has 4 heterocycles. The quantitative estimate of drug-likeness (QED) is 0.183. The maximum Gasteiger partial charge on any atom is 0.238 e. The summed E-state index contributed by atoms with van der Waals surface area (Å²) in [6.07, 6.45) is 0. The lowest BCUT2D eigenvalue weighted by atomic mass is 9.99. The van der Waals surface area contributed by atoms with Crippen molar-refractivity contribution in [1.82, 2.24) is 24.1 Å². The van der Waals surface area contributed by atoms with Crippen molar-refractivity contribution in [2.75, 3.05) is 0 Å². The van der Waals surface area contributed by atoms with E-state index in [2.05, 4.69) is 155 Å². The summed E-state index contributed by atoms with van der Waals surface area (Å²) >= 11 is 0. The topological polar surface area (TPSA) is 61.7 Å². The van der Waals surface area contributed by atoms with Crippen LogP contribution in [0.3, 0.4) is 0 Å². The predicted octanol–water partition coefficient (Wildman–Crippen LogP) is 12.5. The van der Waals surface area contributed by atoms with E-state index in [1.165, 1.54) is 5.39 Å². The van der Waals surface area contributed by atoms with Crippen LogP contribution in [0.5, 0.6) is 0 Å². The van der Waals surface area contributed by atoms with Gasteiger partial charge in [-0.15, -0.1) is 0 Å². The van der Waals surface area contributed by atoms with Gasteiger partial charge < -0.3 is 8.98 Å². The van der Waals surface area contributed by atoms with E-state index in [4.69, 9.17) is 19.4 Å². The number of aromatic nitrogens is 5. The van der Waals surface area contributed by atoms with Gasteiger partial charge in [-0.25, -0.2) is 4.98 Å². The van der Waals surface area contributed by atoms with E-state index < -0.39 is 0 Å². The van der Waals surface area contributed by atoms with Gasteiger partial charge in [0.2, 0.25) is 5.95 Å². The summed E-state index contributed by atoms with van der Waals surface area (Å²) in [5, 5.41) is 8.71. The highest BCUT2D eigenvalue weighted by atomic mass is 16.3. The summed E-state index contributed by atoms with van der Waals surface area (Å²) in [7, 11) is 0. The van der Waals surface area contributed by atoms with Crippen molar-refractivity contribution in [3.8, 4) is 34.4 Å². The van der Waals surface area contributed by atoms with Crippen LogP contribution >= 0.6 is 0 Å². The largest absolute Gasteiger partial charge is 0.455 e. The Labute approximate surface area is 314 Å². The van der Waals surface area contributed by atoms with Gasteiger partial charge in [0.25, 0.3) is 0 Å². The zero-order valence-corrected chi connectivity index (χ0v) is 29.4. The van der Waals surface area contributed by atoms with Crippen LogP contribution in [0.2, 0.25) is 0 Å². The smallest absolute Gasteiger partial charge is 0.238 e. The first-order valence-electron chi connectivity index (χ1n) is 18.5. The molecule has 0 fully saturated rings. The van der Waals surface area contributed by atoms with Crippen LogP contribution in [-0.2, 0) is 0 Å². The summed E-state index contributed by atoms with van der Waals surface area (Å²) in [5.74, 6) is 1.71. The zero-order chi connectivity index (χ0) is 36.0. The van der Waals surface area contributed by atoms with Crippen LogP contribution in [-0.4, -0.2) is 24.1 Å². The number of nitrogens with zero attached hydrogens (tertiary/aromatic N) is 5. The molecule has 6 heteroatoms. The molecule has 55 heavy (non-hydrogen) atoms. The Bertz CT molecular complexity index is 3490. The third kappa shape index (κ3) is 4.33. The first-order valence-corrected chi connectivity index (χ1v) is 18.5. The number of para-hydroxylation sites is 4. The Balaban J connectivity index is 1.26. The van der Waals surface area contributed by atoms with Gasteiger partial charge in [0.1, 0.15) is 11.2 Å². The van der Waals surface area contributed by atoms with Gasteiger partial charge in [0.05, 0.1) is 22.1 Å². The number of rotatable bonds is 4. The molecule has 12 rings (SSSR count). The molecule has 0 amide bonds. The molecule has 0 spiro atoms. The molecule has 8 aromatic carbocycles. The lowest BCUT2D eigenvalue weighted by molar-refractivity contribution is 0.672. The summed E-state index contributed by atoms with van der Waals surface area (Å²) in [6, 6.07) is 61.3. The van der Waals surface area contributed by atoms with Gasteiger partial charge in [0.15, 0.2) is 11.6 Å². The highest BCUT2D eigenvalue weighted by Crippen LogP contribution is 2.43. The maximum absolute atomic E-state index is 6.61. The molecular formula is C49H29N5O. The fourth-order valence-corrected chi connectivity index (χ4v) is 8.59. The molecule has 6 nitrogen and oxygen atoms in total. The lowest BCUT2D eigenvalue weighted by Crippen LogP contribution is -2.07. The molecule has 0 saturated heterocycles. The van der Waals surface area contributed by atoms with Gasteiger partial charge in [-0.3, -0.25) is 4.57 Å². The van der Waals surface area contributed by atoms with E-state index in [-0.39, 0.29) is 0 Å².